The number of hydrogen-bond donors (Lipinski definition) is 1. The average Bonchev–Trinajstić information content (AvgIpc) is 2.42. The van der Waals surface area contributed by atoms with Gasteiger partial charge in [-0.1, -0.05) is 0 Å². The Morgan fingerprint density at radius 3 is 2.43 bits per heavy atom. The van der Waals surface area contributed by atoms with Gasteiger partial charge < -0.3 is 19.7 Å². The highest BCUT2D eigenvalue weighted by Gasteiger charge is 2.37. The first-order valence-electron chi connectivity index (χ1n) is 7.97. The Morgan fingerprint density at radius 2 is 1.86 bits per heavy atom. The van der Waals surface area contributed by atoms with Gasteiger partial charge in [0.1, 0.15) is 0 Å². The van der Waals surface area contributed by atoms with Crippen LogP contribution >= 0.6 is 0 Å². The monoisotopic (exact) mass is 299 g/mol. The van der Waals surface area contributed by atoms with E-state index in [1.165, 1.54) is 0 Å². The van der Waals surface area contributed by atoms with E-state index in [1.807, 2.05) is 13.8 Å². The molecule has 2 heterocycles. The van der Waals surface area contributed by atoms with Gasteiger partial charge in [0, 0.05) is 32.7 Å². The highest BCUT2D eigenvalue weighted by atomic mass is 16.6. The van der Waals surface area contributed by atoms with E-state index in [0.29, 0.717) is 0 Å². The van der Waals surface area contributed by atoms with E-state index in [9.17, 15) is 4.79 Å². The summed E-state index contributed by atoms with van der Waals surface area (Å²) in [6.45, 7) is 10.1. The Labute approximate surface area is 127 Å². The number of hydrogen-bond acceptors (Lipinski definition) is 5. The molecule has 2 fully saturated rings. The molecule has 0 aliphatic carbocycles. The normalized spacial score (nSPS) is 24.0. The number of alkyl carbamates (subject to hydrolysis) is 1. The third kappa shape index (κ3) is 5.13. The fraction of sp³-hybridized carbons (Fsp3) is 0.933. The quantitative estimate of drug-likeness (QED) is 0.836. The van der Waals surface area contributed by atoms with Crippen LogP contribution in [0.5, 0.6) is 0 Å². The lowest BCUT2D eigenvalue weighted by Gasteiger charge is -2.44. The van der Waals surface area contributed by atoms with Crippen molar-refractivity contribution >= 4 is 6.09 Å². The summed E-state index contributed by atoms with van der Waals surface area (Å²) in [5.41, 5.74) is -0.171. The highest BCUT2D eigenvalue weighted by Crippen LogP contribution is 2.24. The minimum absolute atomic E-state index is 0.0864. The lowest BCUT2D eigenvalue weighted by Crippen LogP contribution is -2.61. The molecule has 2 aliphatic heterocycles. The maximum Gasteiger partial charge on any atom is 0.407 e. The number of morpholine rings is 1. The first-order valence-corrected chi connectivity index (χ1v) is 7.97. The van der Waals surface area contributed by atoms with Crippen LogP contribution in [0.15, 0.2) is 0 Å². The predicted molar refractivity (Wildman–Crippen MR) is 81.5 cm³/mol. The van der Waals surface area contributed by atoms with Crippen LogP contribution in [-0.2, 0) is 9.47 Å². The van der Waals surface area contributed by atoms with E-state index in [-0.39, 0.29) is 17.7 Å². The van der Waals surface area contributed by atoms with Crippen molar-refractivity contribution in [2.24, 2.45) is 0 Å². The van der Waals surface area contributed by atoms with Gasteiger partial charge in [0.25, 0.3) is 0 Å². The van der Waals surface area contributed by atoms with E-state index in [2.05, 4.69) is 22.2 Å². The molecule has 0 unspecified atom stereocenters. The third-order valence-corrected chi connectivity index (χ3v) is 4.28. The summed E-state index contributed by atoms with van der Waals surface area (Å²) in [4.78, 5) is 16.8. The van der Waals surface area contributed by atoms with Gasteiger partial charge in [0.15, 0.2) is 0 Å². The largest absolute Gasteiger partial charge is 0.447 e. The molecular formula is C15H29N3O3. The number of nitrogens with zero attached hydrogens (tertiary/aromatic N) is 2. The number of rotatable bonds is 4. The fourth-order valence-electron chi connectivity index (χ4n) is 3.02. The van der Waals surface area contributed by atoms with E-state index in [0.717, 1.165) is 58.8 Å². The molecule has 0 atom stereocenters. The van der Waals surface area contributed by atoms with Crippen LogP contribution in [0.4, 0.5) is 4.79 Å². The Bertz CT molecular complexity index is 335. The van der Waals surface area contributed by atoms with Crippen LogP contribution in [0.25, 0.3) is 0 Å². The highest BCUT2D eigenvalue weighted by molar-refractivity contribution is 5.68. The van der Waals surface area contributed by atoms with Gasteiger partial charge >= 0.3 is 6.09 Å². The van der Waals surface area contributed by atoms with Crippen LogP contribution in [0, 0.1) is 0 Å². The van der Waals surface area contributed by atoms with Crippen molar-refractivity contribution < 1.29 is 14.3 Å². The van der Waals surface area contributed by atoms with E-state index < -0.39 is 0 Å². The second kappa shape index (κ2) is 7.42. The predicted octanol–water partition coefficient (Wildman–Crippen LogP) is 0.918. The third-order valence-electron chi connectivity index (χ3n) is 4.28. The molecule has 0 aromatic carbocycles. The Balaban J connectivity index is 1.97. The van der Waals surface area contributed by atoms with Crippen LogP contribution in [0.1, 0.15) is 26.7 Å². The van der Waals surface area contributed by atoms with Gasteiger partial charge in [-0.15, -0.1) is 0 Å². The van der Waals surface area contributed by atoms with E-state index in [4.69, 9.17) is 9.47 Å². The number of carbonyl (C=O) groups is 1. The standard InChI is InChI=1S/C15H29N3O3/c1-13(2)21-14(19)16-15(4-6-17(3)7-5-15)12-18-8-10-20-11-9-18/h13H,4-12H2,1-3H3,(H,16,19). The SMILES string of the molecule is CC(C)OC(=O)NC1(CN2CCOCC2)CCN(C)CC1. The molecule has 1 amide bonds. The zero-order valence-corrected chi connectivity index (χ0v) is 13.6. The summed E-state index contributed by atoms with van der Waals surface area (Å²) in [6, 6.07) is 0. The molecule has 0 saturated carbocycles. The molecule has 2 aliphatic rings. The van der Waals surface area contributed by atoms with E-state index >= 15 is 0 Å². The maximum absolute atomic E-state index is 12.1. The molecule has 2 rings (SSSR count). The smallest absolute Gasteiger partial charge is 0.407 e. The number of likely N-dealkylation sites (tertiary alicyclic amines) is 1. The minimum Gasteiger partial charge on any atom is -0.447 e. The van der Waals surface area contributed by atoms with Crippen LogP contribution in [0.3, 0.4) is 0 Å². The Morgan fingerprint density at radius 1 is 1.24 bits per heavy atom. The fourth-order valence-corrected chi connectivity index (χ4v) is 3.02. The maximum atomic E-state index is 12.1. The molecule has 6 heteroatoms. The number of ether oxygens (including phenoxy) is 2. The van der Waals surface area contributed by atoms with Crippen molar-refractivity contribution in [1.82, 2.24) is 15.1 Å². The summed E-state index contributed by atoms with van der Waals surface area (Å²) in [7, 11) is 2.13. The summed E-state index contributed by atoms with van der Waals surface area (Å²) in [5.74, 6) is 0. The number of amides is 1. The molecule has 0 bridgehead atoms. The molecule has 0 radical (unpaired) electrons. The minimum atomic E-state index is -0.289. The average molecular weight is 299 g/mol. The van der Waals surface area contributed by atoms with Crippen LogP contribution in [-0.4, -0.2) is 80.5 Å². The van der Waals surface area contributed by atoms with Gasteiger partial charge in [0.2, 0.25) is 0 Å². The zero-order chi connectivity index (χ0) is 15.3. The summed E-state index contributed by atoms with van der Waals surface area (Å²) >= 11 is 0. The second-order valence-corrected chi connectivity index (χ2v) is 6.55. The second-order valence-electron chi connectivity index (χ2n) is 6.55. The molecule has 0 spiro atoms. The molecule has 2 saturated heterocycles. The van der Waals surface area contributed by atoms with Gasteiger partial charge in [0.05, 0.1) is 24.9 Å². The van der Waals surface area contributed by atoms with Gasteiger partial charge in [-0.05, 0) is 33.7 Å². The molecule has 21 heavy (non-hydrogen) atoms. The lowest BCUT2D eigenvalue weighted by atomic mass is 9.87. The molecule has 1 N–H and O–H groups in total. The summed E-state index contributed by atoms with van der Waals surface area (Å²) in [5, 5.41) is 3.16. The molecular weight excluding hydrogens is 270 g/mol. The summed E-state index contributed by atoms with van der Waals surface area (Å²) in [6.07, 6.45) is 1.56. The molecule has 122 valence electrons. The van der Waals surface area contributed by atoms with Crippen molar-refractivity contribution in [3.8, 4) is 0 Å². The Kier molecular flexibility index (Phi) is 5.84. The van der Waals surface area contributed by atoms with Crippen molar-refractivity contribution in [3.05, 3.63) is 0 Å². The van der Waals surface area contributed by atoms with Crippen molar-refractivity contribution in [2.45, 2.75) is 38.3 Å². The van der Waals surface area contributed by atoms with Gasteiger partial charge in [-0.2, -0.15) is 0 Å². The van der Waals surface area contributed by atoms with Crippen molar-refractivity contribution in [2.75, 3.05) is 53.0 Å². The zero-order valence-electron chi connectivity index (χ0n) is 13.6. The van der Waals surface area contributed by atoms with Crippen molar-refractivity contribution in [3.63, 3.8) is 0 Å². The van der Waals surface area contributed by atoms with Gasteiger partial charge in [-0.3, -0.25) is 4.90 Å². The molecule has 0 aromatic heterocycles. The molecule has 0 aromatic rings. The number of carbonyl (C=O) groups excluding carboxylic acids is 1. The lowest BCUT2D eigenvalue weighted by molar-refractivity contribution is 0.0121. The topological polar surface area (TPSA) is 54.0 Å². The van der Waals surface area contributed by atoms with Crippen LogP contribution in [0.2, 0.25) is 0 Å². The summed E-state index contributed by atoms with van der Waals surface area (Å²) < 4.78 is 10.7. The first-order chi connectivity index (χ1) is 9.99. The van der Waals surface area contributed by atoms with Crippen LogP contribution < -0.4 is 5.32 Å². The van der Waals surface area contributed by atoms with Crippen molar-refractivity contribution in [1.29, 1.82) is 0 Å². The number of nitrogens with one attached hydrogen (secondary N) is 1. The van der Waals surface area contributed by atoms with Gasteiger partial charge in [-0.25, -0.2) is 4.79 Å². The molecule has 6 nitrogen and oxygen atoms in total. The number of piperidine rings is 1. The Hall–Kier alpha value is -0.850. The first kappa shape index (κ1) is 16.5. The van der Waals surface area contributed by atoms with E-state index in [1.54, 1.807) is 0 Å².